The van der Waals surface area contributed by atoms with E-state index in [0.717, 1.165) is 30.6 Å². The molecule has 0 bridgehead atoms. The van der Waals surface area contributed by atoms with Crippen LogP contribution in [-0.2, 0) is 6.54 Å². The zero-order chi connectivity index (χ0) is 12.4. The molecule has 1 saturated heterocycles. The van der Waals surface area contributed by atoms with Crippen molar-refractivity contribution in [3.63, 3.8) is 0 Å². The summed E-state index contributed by atoms with van der Waals surface area (Å²) in [5.74, 6) is 1.54. The third-order valence-electron chi connectivity index (χ3n) is 3.74. The van der Waals surface area contributed by atoms with E-state index in [1.807, 2.05) is 7.05 Å². The molecule has 96 valence electrons. The Kier molecular flexibility index (Phi) is 4.05. The molecule has 0 amide bonds. The quantitative estimate of drug-likeness (QED) is 0.898. The summed E-state index contributed by atoms with van der Waals surface area (Å²) in [5.41, 5.74) is 1.16. The van der Waals surface area contributed by atoms with Gasteiger partial charge >= 0.3 is 0 Å². The Morgan fingerprint density at radius 3 is 2.94 bits per heavy atom. The first kappa shape index (κ1) is 12.8. The molecule has 1 fully saturated rings. The van der Waals surface area contributed by atoms with Crippen LogP contribution in [0.5, 0.6) is 0 Å². The number of piperidine rings is 1. The first-order valence-electron chi connectivity index (χ1n) is 6.47. The summed E-state index contributed by atoms with van der Waals surface area (Å²) in [6, 6.07) is 0.611. The highest BCUT2D eigenvalue weighted by molar-refractivity contribution is 7.13. The molecule has 3 unspecified atom stereocenters. The molecular formula is C13H23N3S. The van der Waals surface area contributed by atoms with E-state index < -0.39 is 0 Å². The van der Waals surface area contributed by atoms with Crippen LogP contribution in [0.2, 0.25) is 0 Å². The van der Waals surface area contributed by atoms with Crippen LogP contribution in [0.25, 0.3) is 0 Å². The molecule has 0 radical (unpaired) electrons. The maximum absolute atomic E-state index is 4.72. The number of rotatable bonds is 3. The van der Waals surface area contributed by atoms with Crippen molar-refractivity contribution >= 4 is 16.5 Å². The first-order chi connectivity index (χ1) is 8.11. The van der Waals surface area contributed by atoms with E-state index in [0.29, 0.717) is 6.04 Å². The van der Waals surface area contributed by atoms with Gasteiger partial charge in [0.05, 0.1) is 5.69 Å². The summed E-state index contributed by atoms with van der Waals surface area (Å²) in [7, 11) is 1.96. The summed E-state index contributed by atoms with van der Waals surface area (Å²) in [6.07, 6.45) is 1.34. The summed E-state index contributed by atoms with van der Waals surface area (Å²) in [5, 5.41) is 6.52. The average Bonchev–Trinajstić information content (AvgIpc) is 2.72. The Bertz CT molecular complexity index is 363. The summed E-state index contributed by atoms with van der Waals surface area (Å²) >= 11 is 1.78. The molecule has 1 aliphatic rings. The van der Waals surface area contributed by atoms with Crippen molar-refractivity contribution in [2.24, 2.45) is 11.8 Å². The van der Waals surface area contributed by atoms with Gasteiger partial charge in [0.25, 0.3) is 0 Å². The number of hydrogen-bond acceptors (Lipinski definition) is 4. The van der Waals surface area contributed by atoms with Crippen LogP contribution in [0.3, 0.4) is 0 Å². The maximum atomic E-state index is 4.72. The Balaban J connectivity index is 2.13. The Hall–Kier alpha value is -0.610. The van der Waals surface area contributed by atoms with E-state index in [1.54, 1.807) is 11.3 Å². The van der Waals surface area contributed by atoms with Crippen molar-refractivity contribution < 1.29 is 0 Å². The van der Waals surface area contributed by atoms with E-state index >= 15 is 0 Å². The minimum absolute atomic E-state index is 0.611. The normalized spacial score (nSPS) is 29.6. The molecule has 1 aliphatic heterocycles. The van der Waals surface area contributed by atoms with Crippen LogP contribution in [0.1, 0.15) is 32.9 Å². The van der Waals surface area contributed by atoms with E-state index in [9.17, 15) is 0 Å². The summed E-state index contributed by atoms with van der Waals surface area (Å²) in [4.78, 5) is 7.21. The van der Waals surface area contributed by atoms with Gasteiger partial charge in [-0.05, 0) is 32.2 Å². The molecule has 0 aliphatic carbocycles. The van der Waals surface area contributed by atoms with Crippen molar-refractivity contribution in [3.05, 3.63) is 11.1 Å². The fourth-order valence-corrected chi connectivity index (χ4v) is 3.58. The van der Waals surface area contributed by atoms with E-state index in [-0.39, 0.29) is 0 Å². The Morgan fingerprint density at radius 2 is 2.24 bits per heavy atom. The lowest BCUT2D eigenvalue weighted by atomic mass is 9.86. The number of thiazole rings is 1. The Labute approximate surface area is 108 Å². The molecule has 0 aromatic carbocycles. The fourth-order valence-electron chi connectivity index (χ4n) is 2.66. The molecule has 3 nitrogen and oxygen atoms in total. The molecule has 1 aromatic rings. The van der Waals surface area contributed by atoms with Crippen molar-refractivity contribution in [2.45, 2.75) is 39.8 Å². The topological polar surface area (TPSA) is 28.2 Å². The molecule has 0 spiro atoms. The number of nitrogens with one attached hydrogen (secondary N) is 1. The highest BCUT2D eigenvalue weighted by atomic mass is 32.1. The molecule has 3 atom stereocenters. The van der Waals surface area contributed by atoms with Gasteiger partial charge < -0.3 is 10.2 Å². The third kappa shape index (κ3) is 2.80. The van der Waals surface area contributed by atoms with Gasteiger partial charge in [-0.15, -0.1) is 11.3 Å². The molecule has 1 aromatic heterocycles. The van der Waals surface area contributed by atoms with Crippen LogP contribution < -0.4 is 10.2 Å². The van der Waals surface area contributed by atoms with Crippen LogP contribution in [0.4, 0.5) is 5.13 Å². The van der Waals surface area contributed by atoms with Crippen molar-refractivity contribution in [3.8, 4) is 0 Å². The van der Waals surface area contributed by atoms with Gasteiger partial charge in [0, 0.05) is 24.5 Å². The number of nitrogens with zero attached hydrogens (tertiary/aromatic N) is 2. The van der Waals surface area contributed by atoms with Crippen LogP contribution in [-0.4, -0.2) is 24.6 Å². The lowest BCUT2D eigenvalue weighted by Crippen LogP contribution is -2.45. The van der Waals surface area contributed by atoms with Gasteiger partial charge in [-0.1, -0.05) is 13.8 Å². The molecule has 17 heavy (non-hydrogen) atoms. The van der Waals surface area contributed by atoms with Gasteiger partial charge in [-0.3, -0.25) is 0 Å². The van der Waals surface area contributed by atoms with Gasteiger partial charge in [-0.2, -0.15) is 0 Å². The van der Waals surface area contributed by atoms with Crippen molar-refractivity contribution in [1.29, 1.82) is 0 Å². The number of aromatic nitrogens is 1. The maximum Gasteiger partial charge on any atom is 0.185 e. The predicted molar refractivity (Wildman–Crippen MR) is 74.6 cm³/mol. The summed E-state index contributed by atoms with van der Waals surface area (Å²) < 4.78 is 0. The molecule has 1 N–H and O–H groups in total. The lowest BCUT2D eigenvalue weighted by molar-refractivity contribution is 0.296. The van der Waals surface area contributed by atoms with Gasteiger partial charge in [0.1, 0.15) is 0 Å². The minimum atomic E-state index is 0.611. The molecule has 0 saturated carbocycles. The van der Waals surface area contributed by atoms with Crippen LogP contribution in [0.15, 0.2) is 5.38 Å². The standard InChI is InChI=1S/C13H23N3S/c1-9-5-10(2)11(3)16(7-9)13-15-12(6-14-4)8-17-13/h8-11,14H,5-7H2,1-4H3. The first-order valence-corrected chi connectivity index (χ1v) is 7.35. The fraction of sp³-hybridized carbons (Fsp3) is 0.769. The van der Waals surface area contributed by atoms with Gasteiger partial charge in [-0.25, -0.2) is 4.98 Å². The van der Waals surface area contributed by atoms with E-state index in [2.05, 4.69) is 36.4 Å². The largest absolute Gasteiger partial charge is 0.345 e. The molecule has 2 heterocycles. The number of anilines is 1. The van der Waals surface area contributed by atoms with Gasteiger partial charge in [0.2, 0.25) is 0 Å². The number of hydrogen-bond donors (Lipinski definition) is 1. The SMILES string of the molecule is CNCc1csc(N2CC(C)CC(C)C2C)n1. The minimum Gasteiger partial charge on any atom is -0.345 e. The van der Waals surface area contributed by atoms with Crippen molar-refractivity contribution in [1.82, 2.24) is 10.3 Å². The highest BCUT2D eigenvalue weighted by Gasteiger charge is 2.30. The lowest BCUT2D eigenvalue weighted by Gasteiger charge is -2.41. The van der Waals surface area contributed by atoms with Gasteiger partial charge in [0.15, 0.2) is 5.13 Å². The van der Waals surface area contributed by atoms with Crippen LogP contribution >= 0.6 is 11.3 Å². The smallest absolute Gasteiger partial charge is 0.185 e. The third-order valence-corrected chi connectivity index (χ3v) is 4.67. The zero-order valence-electron chi connectivity index (χ0n) is 11.2. The second-order valence-electron chi connectivity index (χ2n) is 5.36. The molecular weight excluding hydrogens is 230 g/mol. The second-order valence-corrected chi connectivity index (χ2v) is 6.20. The zero-order valence-corrected chi connectivity index (χ0v) is 12.0. The monoisotopic (exact) mass is 253 g/mol. The van der Waals surface area contributed by atoms with Crippen LogP contribution in [0, 0.1) is 11.8 Å². The van der Waals surface area contributed by atoms with Crippen molar-refractivity contribution in [2.75, 3.05) is 18.5 Å². The van der Waals surface area contributed by atoms with E-state index in [4.69, 9.17) is 4.98 Å². The summed E-state index contributed by atoms with van der Waals surface area (Å²) in [6.45, 7) is 9.05. The van der Waals surface area contributed by atoms with E-state index in [1.165, 1.54) is 11.6 Å². The average molecular weight is 253 g/mol. The Morgan fingerprint density at radius 1 is 1.47 bits per heavy atom. The molecule has 2 rings (SSSR count). The predicted octanol–water partition coefficient (Wildman–Crippen LogP) is 2.73. The highest BCUT2D eigenvalue weighted by Crippen LogP contribution is 2.32. The second kappa shape index (κ2) is 5.36. The molecule has 4 heteroatoms.